The molecule has 2 aromatic carbocycles. The number of nitrogens with zero attached hydrogens (tertiary/aromatic N) is 1. The largest absolute Gasteiger partial charge is 0.492 e. The minimum absolute atomic E-state index is 0.0727. The molecule has 1 N–H and O–H groups in total. The third-order valence-electron chi connectivity index (χ3n) is 6.24. The molecule has 264 valence electrons. The molecule has 1 atom stereocenters. The molecule has 0 aliphatic rings. The van der Waals surface area contributed by atoms with E-state index >= 15 is 0 Å². The number of rotatable bonds is 16. The maximum atomic E-state index is 14.5. The van der Waals surface area contributed by atoms with Crippen LogP contribution in [0.4, 0.5) is 61.9 Å². The number of hydrogen-bond acceptors (Lipinski definition) is 5. The number of carbonyl (C=O) groups excluding carboxylic acids is 1. The summed E-state index contributed by atoms with van der Waals surface area (Å²) in [5.41, 5.74) is -0.200. The van der Waals surface area contributed by atoms with Gasteiger partial charge in [0.1, 0.15) is 30.6 Å². The first-order valence-corrected chi connectivity index (χ1v) is 13.0. The van der Waals surface area contributed by atoms with Crippen molar-refractivity contribution in [1.82, 2.24) is 4.90 Å². The monoisotopic (exact) mass is 705 g/mol. The molecule has 0 saturated carbocycles. The van der Waals surface area contributed by atoms with Crippen molar-refractivity contribution in [2.45, 2.75) is 55.9 Å². The molecule has 7 nitrogen and oxygen atoms in total. The third kappa shape index (κ3) is 9.10. The standard InChI is InChI=1S/C27H24F13NO6/c1-2-45-20(21(42)43)11-15-3-7-18(8-4-15)46-10-9-41(22(44)47-13-16-5-6-17(28)12-19(16)29)14-23(30,31)24(32,33)25(34,35)26(36,37)27(38,39)40/h3-8,12,20H,2,9-11,13-14H2,1H3,(H,42,43). The van der Waals surface area contributed by atoms with Gasteiger partial charge in [-0.3, -0.25) is 4.90 Å². The molecule has 47 heavy (non-hydrogen) atoms. The molecule has 0 saturated heterocycles. The molecular formula is C27H24F13NO6. The number of aliphatic carboxylic acids is 1. The van der Waals surface area contributed by atoms with Gasteiger partial charge in [0, 0.05) is 24.7 Å². The average molecular weight is 705 g/mol. The zero-order chi connectivity index (χ0) is 36.0. The number of halogens is 13. The van der Waals surface area contributed by atoms with Gasteiger partial charge in [-0.25, -0.2) is 18.4 Å². The summed E-state index contributed by atoms with van der Waals surface area (Å²) in [6.07, 6.45) is -10.8. The van der Waals surface area contributed by atoms with Gasteiger partial charge in [-0.05, 0) is 36.8 Å². The molecule has 20 heteroatoms. The number of ether oxygens (including phenoxy) is 3. The van der Waals surface area contributed by atoms with Crippen LogP contribution in [0.15, 0.2) is 42.5 Å². The van der Waals surface area contributed by atoms with E-state index in [1.165, 1.54) is 24.3 Å². The molecule has 1 unspecified atom stereocenters. The van der Waals surface area contributed by atoms with Crippen LogP contribution in [-0.2, 0) is 27.3 Å². The van der Waals surface area contributed by atoms with Gasteiger partial charge in [-0.15, -0.1) is 0 Å². The predicted octanol–water partition coefficient (Wildman–Crippen LogP) is 7.12. The minimum atomic E-state index is -7.73. The topological polar surface area (TPSA) is 85.3 Å². The summed E-state index contributed by atoms with van der Waals surface area (Å²) in [5.74, 6) is -33.1. The Morgan fingerprint density at radius 2 is 1.45 bits per heavy atom. The van der Waals surface area contributed by atoms with Crippen LogP contribution < -0.4 is 4.74 Å². The molecule has 0 bridgehead atoms. The van der Waals surface area contributed by atoms with E-state index in [1.807, 2.05) is 0 Å². The number of benzene rings is 2. The Morgan fingerprint density at radius 1 is 0.851 bits per heavy atom. The van der Waals surface area contributed by atoms with Gasteiger partial charge in [-0.1, -0.05) is 12.1 Å². The Bertz CT molecular complexity index is 1370. The van der Waals surface area contributed by atoms with Gasteiger partial charge < -0.3 is 19.3 Å². The highest BCUT2D eigenvalue weighted by Crippen LogP contribution is 2.57. The SMILES string of the molecule is CCOC(Cc1ccc(OCCN(CC(F)(F)C(F)(F)C(F)(F)C(F)(F)C(F)(F)F)C(=O)OCc2ccc(F)cc2F)cc1)C(=O)O. The lowest BCUT2D eigenvalue weighted by Crippen LogP contribution is -2.68. The first-order valence-electron chi connectivity index (χ1n) is 13.0. The molecule has 0 aromatic heterocycles. The molecular weight excluding hydrogens is 681 g/mol. The number of carboxylic acid groups (broad SMARTS) is 1. The molecule has 0 aliphatic heterocycles. The Labute approximate surface area is 256 Å². The molecule has 0 radical (unpaired) electrons. The number of amides is 1. The second kappa shape index (κ2) is 14.8. The molecule has 0 fully saturated rings. The van der Waals surface area contributed by atoms with Crippen molar-refractivity contribution in [2.75, 3.05) is 26.3 Å². The zero-order valence-corrected chi connectivity index (χ0v) is 23.7. The van der Waals surface area contributed by atoms with Crippen molar-refractivity contribution in [1.29, 1.82) is 0 Å². The smallest absolute Gasteiger partial charge is 0.460 e. The fourth-order valence-electron chi connectivity index (χ4n) is 3.68. The molecule has 1 amide bonds. The molecule has 0 heterocycles. The van der Waals surface area contributed by atoms with E-state index in [4.69, 9.17) is 14.6 Å². The van der Waals surface area contributed by atoms with Crippen LogP contribution in [0.1, 0.15) is 18.1 Å². The summed E-state index contributed by atoms with van der Waals surface area (Å²) >= 11 is 0. The quantitative estimate of drug-likeness (QED) is 0.188. The normalized spacial score (nSPS) is 13.7. The van der Waals surface area contributed by atoms with E-state index in [0.29, 0.717) is 23.8 Å². The molecule has 0 aliphatic carbocycles. The maximum absolute atomic E-state index is 14.5. The predicted molar refractivity (Wildman–Crippen MR) is 133 cm³/mol. The van der Waals surface area contributed by atoms with Crippen LogP contribution in [0.3, 0.4) is 0 Å². The highest BCUT2D eigenvalue weighted by molar-refractivity contribution is 5.72. The first kappa shape index (κ1) is 39.2. The van der Waals surface area contributed by atoms with Crippen LogP contribution in [0.2, 0.25) is 0 Å². The number of carboxylic acids is 1. The molecule has 2 rings (SSSR count). The van der Waals surface area contributed by atoms with E-state index in [2.05, 4.69) is 4.74 Å². The Hall–Kier alpha value is -3.97. The van der Waals surface area contributed by atoms with E-state index in [-0.39, 0.29) is 18.8 Å². The summed E-state index contributed by atoms with van der Waals surface area (Å²) in [5, 5.41) is 9.16. The van der Waals surface area contributed by atoms with Gasteiger partial charge in [0.05, 0.1) is 13.1 Å². The summed E-state index contributed by atoms with van der Waals surface area (Å²) in [7, 11) is 0. The van der Waals surface area contributed by atoms with Crippen LogP contribution in [0, 0.1) is 11.6 Å². The van der Waals surface area contributed by atoms with Crippen molar-refractivity contribution in [3.05, 3.63) is 65.2 Å². The van der Waals surface area contributed by atoms with Crippen molar-refractivity contribution < 1.29 is 86.0 Å². The average Bonchev–Trinajstić information content (AvgIpc) is 2.95. The minimum Gasteiger partial charge on any atom is -0.492 e. The van der Waals surface area contributed by atoms with Gasteiger partial charge in [0.15, 0.2) is 6.10 Å². The van der Waals surface area contributed by atoms with Crippen LogP contribution in [0.5, 0.6) is 5.75 Å². The molecule has 0 spiro atoms. The summed E-state index contributed by atoms with van der Waals surface area (Å²) in [6.45, 7) is -4.70. The summed E-state index contributed by atoms with van der Waals surface area (Å²) < 4.78 is 190. The number of carbonyl (C=O) groups is 2. The fourth-order valence-corrected chi connectivity index (χ4v) is 3.68. The Kier molecular flexibility index (Phi) is 12.4. The van der Waals surface area contributed by atoms with Crippen molar-refractivity contribution in [3.8, 4) is 5.75 Å². The maximum Gasteiger partial charge on any atom is 0.460 e. The fraction of sp³-hybridized carbons (Fsp3) is 0.481. The highest BCUT2D eigenvalue weighted by Gasteiger charge is 2.87. The van der Waals surface area contributed by atoms with Crippen LogP contribution in [0.25, 0.3) is 0 Å². The van der Waals surface area contributed by atoms with Gasteiger partial charge >= 0.3 is 41.9 Å². The Balaban J connectivity index is 2.28. The second-order valence-electron chi connectivity index (χ2n) is 9.62. The van der Waals surface area contributed by atoms with Gasteiger partial charge in [0.25, 0.3) is 0 Å². The first-order chi connectivity index (χ1) is 21.5. The lowest BCUT2D eigenvalue weighted by atomic mass is 9.97. The van der Waals surface area contributed by atoms with Crippen molar-refractivity contribution >= 4 is 12.1 Å². The lowest BCUT2D eigenvalue weighted by Gasteiger charge is -2.38. The summed E-state index contributed by atoms with van der Waals surface area (Å²) in [4.78, 5) is 23.2. The van der Waals surface area contributed by atoms with E-state index in [0.717, 1.165) is 0 Å². The zero-order valence-electron chi connectivity index (χ0n) is 23.7. The van der Waals surface area contributed by atoms with Crippen molar-refractivity contribution in [2.24, 2.45) is 0 Å². The van der Waals surface area contributed by atoms with Gasteiger partial charge in [0.2, 0.25) is 0 Å². The van der Waals surface area contributed by atoms with Gasteiger partial charge in [-0.2, -0.15) is 48.3 Å². The van der Waals surface area contributed by atoms with E-state index < -0.39 is 96.4 Å². The number of hydrogen-bond donors (Lipinski definition) is 1. The van der Waals surface area contributed by atoms with Crippen LogP contribution in [-0.4, -0.2) is 84.3 Å². The Morgan fingerprint density at radius 3 is 1.96 bits per heavy atom. The van der Waals surface area contributed by atoms with Crippen molar-refractivity contribution in [3.63, 3.8) is 0 Å². The highest BCUT2D eigenvalue weighted by atomic mass is 19.4. The van der Waals surface area contributed by atoms with E-state index in [9.17, 15) is 66.7 Å². The number of alkyl halides is 11. The van der Waals surface area contributed by atoms with Crippen LogP contribution >= 0.6 is 0 Å². The second-order valence-corrected chi connectivity index (χ2v) is 9.62. The summed E-state index contributed by atoms with van der Waals surface area (Å²) in [6, 6.07) is 6.72. The third-order valence-corrected chi connectivity index (χ3v) is 6.24. The van der Waals surface area contributed by atoms with E-state index in [1.54, 1.807) is 6.92 Å². The molecule has 2 aromatic rings. The lowest BCUT2D eigenvalue weighted by molar-refractivity contribution is -0.422.